The molecule has 3 atom stereocenters. The lowest BCUT2D eigenvalue weighted by Gasteiger charge is -2.32. The summed E-state index contributed by atoms with van der Waals surface area (Å²) >= 11 is 0. The number of nitrogens with one attached hydrogen (secondary N) is 1. The molecule has 0 spiro atoms. The van der Waals surface area contributed by atoms with E-state index in [9.17, 15) is 16.8 Å². The highest BCUT2D eigenvalue weighted by atomic mass is 32.2. The lowest BCUT2D eigenvalue weighted by molar-refractivity contribution is 0.209. The molecule has 0 radical (unpaired) electrons. The molecule has 1 aliphatic heterocycles. The van der Waals surface area contributed by atoms with E-state index in [0.717, 1.165) is 18.7 Å². The second kappa shape index (κ2) is 10.3. The topological polar surface area (TPSA) is 92.8 Å². The van der Waals surface area contributed by atoms with Gasteiger partial charge in [0.05, 0.1) is 28.8 Å². The number of methoxy groups -OCH3 is 1. The highest BCUT2D eigenvalue weighted by Gasteiger charge is 2.45. The van der Waals surface area contributed by atoms with Crippen molar-refractivity contribution in [3.05, 3.63) is 60.2 Å². The maximum Gasteiger partial charge on any atom is 0.183 e. The minimum absolute atomic E-state index is 0.0128. The van der Waals surface area contributed by atoms with Crippen molar-refractivity contribution in [3.8, 4) is 5.75 Å². The van der Waals surface area contributed by atoms with Crippen molar-refractivity contribution in [2.45, 2.75) is 36.1 Å². The van der Waals surface area contributed by atoms with Gasteiger partial charge < -0.3 is 10.1 Å². The molecule has 0 aromatic heterocycles. The van der Waals surface area contributed by atoms with Gasteiger partial charge in [-0.25, -0.2) is 16.8 Å². The molecule has 0 saturated carbocycles. The van der Waals surface area contributed by atoms with E-state index in [4.69, 9.17) is 4.74 Å². The molecule has 9 heteroatoms. The van der Waals surface area contributed by atoms with Crippen LogP contribution in [-0.4, -0.2) is 71.3 Å². The van der Waals surface area contributed by atoms with E-state index in [1.165, 1.54) is 19.2 Å². The van der Waals surface area contributed by atoms with E-state index in [-0.39, 0.29) is 22.4 Å². The van der Waals surface area contributed by atoms with Crippen molar-refractivity contribution in [1.29, 1.82) is 0 Å². The van der Waals surface area contributed by atoms with E-state index < -0.39 is 31.0 Å². The summed E-state index contributed by atoms with van der Waals surface area (Å²) in [6.07, 6.45) is 0. The molecule has 0 amide bonds. The predicted molar refractivity (Wildman–Crippen MR) is 127 cm³/mol. The molecule has 176 valence electrons. The molecule has 0 bridgehead atoms. The van der Waals surface area contributed by atoms with Crippen molar-refractivity contribution < 1.29 is 21.6 Å². The first-order chi connectivity index (χ1) is 15.2. The fraction of sp³-hybridized carbons (Fsp3) is 0.478. The molecule has 3 rings (SSSR count). The van der Waals surface area contributed by atoms with Crippen molar-refractivity contribution in [2.24, 2.45) is 0 Å². The number of nitrogens with zero attached hydrogens (tertiary/aromatic N) is 1. The Morgan fingerprint density at radius 1 is 1.03 bits per heavy atom. The molecule has 1 N–H and O–H groups in total. The Balaban J connectivity index is 1.85. The van der Waals surface area contributed by atoms with Crippen LogP contribution in [0, 0.1) is 0 Å². The standard InChI is InChI=1S/C23H32N2O5S2/c1-4-25(5-2)22(18-9-7-6-8-10-18)15-24-21-16-31(26,27)17-23(21)32(28,29)20-13-11-19(30-3)12-14-20/h6-14,21-24H,4-5,15-17H2,1-3H3/t21-,22?,23-/m0/s1. The van der Waals surface area contributed by atoms with Crippen molar-refractivity contribution in [2.75, 3.05) is 38.2 Å². The third-order valence-corrected chi connectivity index (χ3v) is 10.3. The third-order valence-electron chi connectivity index (χ3n) is 6.10. The number of rotatable bonds is 10. The van der Waals surface area contributed by atoms with Crippen LogP contribution in [0.1, 0.15) is 25.5 Å². The number of sulfone groups is 2. The van der Waals surface area contributed by atoms with Crippen molar-refractivity contribution in [1.82, 2.24) is 10.2 Å². The quantitative estimate of drug-likeness (QED) is 0.558. The van der Waals surface area contributed by atoms with Crippen LogP contribution >= 0.6 is 0 Å². The number of likely N-dealkylation sites (N-methyl/N-ethyl adjacent to an activating group) is 1. The summed E-state index contributed by atoms with van der Waals surface area (Å²) in [7, 11) is -5.81. The minimum Gasteiger partial charge on any atom is -0.497 e. The average molecular weight is 481 g/mol. The molecule has 7 nitrogen and oxygen atoms in total. The van der Waals surface area contributed by atoms with Crippen LogP contribution in [0.3, 0.4) is 0 Å². The molecule has 2 aromatic rings. The van der Waals surface area contributed by atoms with Crippen molar-refractivity contribution >= 4 is 19.7 Å². The van der Waals surface area contributed by atoms with Gasteiger partial charge in [0.25, 0.3) is 0 Å². The largest absolute Gasteiger partial charge is 0.497 e. The van der Waals surface area contributed by atoms with E-state index in [0.29, 0.717) is 12.3 Å². The van der Waals surface area contributed by atoms with Gasteiger partial charge in [0.15, 0.2) is 19.7 Å². The summed E-state index contributed by atoms with van der Waals surface area (Å²) in [5.41, 5.74) is 1.11. The highest BCUT2D eigenvalue weighted by molar-refractivity contribution is 7.96. The Labute approximate surface area is 191 Å². The highest BCUT2D eigenvalue weighted by Crippen LogP contribution is 2.28. The normalized spacial score (nSPS) is 21.5. The number of benzene rings is 2. The molecule has 1 unspecified atom stereocenters. The van der Waals surface area contributed by atoms with Gasteiger partial charge in [-0.3, -0.25) is 4.90 Å². The smallest absolute Gasteiger partial charge is 0.183 e. The number of ether oxygens (including phenoxy) is 1. The zero-order chi connectivity index (χ0) is 23.4. The Kier molecular flexibility index (Phi) is 7.97. The molecule has 1 saturated heterocycles. The fourth-order valence-corrected chi connectivity index (χ4v) is 9.03. The van der Waals surface area contributed by atoms with Gasteiger partial charge in [-0.1, -0.05) is 44.2 Å². The molecule has 1 heterocycles. The van der Waals surface area contributed by atoms with E-state index in [1.54, 1.807) is 12.1 Å². The Morgan fingerprint density at radius 2 is 1.66 bits per heavy atom. The zero-order valence-corrected chi connectivity index (χ0v) is 20.4. The van der Waals surface area contributed by atoms with Gasteiger partial charge in [-0.2, -0.15) is 0 Å². The van der Waals surface area contributed by atoms with E-state index in [1.807, 2.05) is 30.3 Å². The van der Waals surface area contributed by atoms with Crippen LogP contribution in [-0.2, 0) is 19.7 Å². The lowest BCUT2D eigenvalue weighted by Crippen LogP contribution is -2.47. The molecule has 0 aliphatic carbocycles. The maximum absolute atomic E-state index is 13.3. The van der Waals surface area contributed by atoms with Crippen LogP contribution in [0.25, 0.3) is 0 Å². The summed E-state index contributed by atoms with van der Waals surface area (Å²) < 4.78 is 56.7. The Hall–Kier alpha value is -1.94. The van der Waals surface area contributed by atoms with Gasteiger partial charge in [-0.05, 0) is 42.9 Å². The van der Waals surface area contributed by atoms with E-state index >= 15 is 0 Å². The summed E-state index contributed by atoms with van der Waals surface area (Å²) in [6.45, 7) is 6.27. The second-order valence-corrected chi connectivity index (χ2v) is 12.3. The first-order valence-corrected chi connectivity index (χ1v) is 14.2. The zero-order valence-electron chi connectivity index (χ0n) is 18.8. The predicted octanol–water partition coefficient (Wildman–Crippen LogP) is 2.31. The average Bonchev–Trinajstić information content (AvgIpc) is 3.12. The fourth-order valence-electron chi connectivity index (χ4n) is 4.31. The van der Waals surface area contributed by atoms with Gasteiger partial charge in [0, 0.05) is 18.6 Å². The van der Waals surface area contributed by atoms with Gasteiger partial charge in [0.1, 0.15) is 5.75 Å². The van der Waals surface area contributed by atoms with Crippen molar-refractivity contribution in [3.63, 3.8) is 0 Å². The van der Waals surface area contributed by atoms with Crippen LogP contribution in [0.15, 0.2) is 59.5 Å². The minimum atomic E-state index is -3.84. The van der Waals surface area contributed by atoms with Crippen LogP contribution in [0.4, 0.5) is 0 Å². The summed E-state index contributed by atoms with van der Waals surface area (Å²) in [5.74, 6) is -0.0183. The first-order valence-electron chi connectivity index (χ1n) is 10.8. The van der Waals surface area contributed by atoms with Crippen LogP contribution in [0.5, 0.6) is 5.75 Å². The summed E-state index contributed by atoms with van der Waals surface area (Å²) in [6, 6.07) is 15.4. The van der Waals surface area contributed by atoms with Gasteiger partial charge >= 0.3 is 0 Å². The first kappa shape index (κ1) is 24.7. The third kappa shape index (κ3) is 5.51. The SMILES string of the molecule is CCN(CC)C(CN[C@H]1CS(=O)(=O)C[C@@H]1S(=O)(=O)c1ccc(OC)cc1)c1ccccc1. The molecule has 1 fully saturated rings. The number of hydrogen-bond donors (Lipinski definition) is 1. The molecule has 1 aliphatic rings. The Morgan fingerprint density at radius 3 is 2.22 bits per heavy atom. The number of hydrogen-bond acceptors (Lipinski definition) is 7. The Bertz CT molecular complexity index is 1080. The van der Waals surface area contributed by atoms with Gasteiger partial charge in [-0.15, -0.1) is 0 Å². The van der Waals surface area contributed by atoms with E-state index in [2.05, 4.69) is 24.1 Å². The molecule has 2 aromatic carbocycles. The molecular weight excluding hydrogens is 448 g/mol. The van der Waals surface area contributed by atoms with Gasteiger partial charge in [0.2, 0.25) is 0 Å². The second-order valence-electron chi connectivity index (χ2n) is 8.00. The summed E-state index contributed by atoms with van der Waals surface area (Å²) in [4.78, 5) is 2.38. The molecule has 32 heavy (non-hydrogen) atoms. The monoisotopic (exact) mass is 480 g/mol. The summed E-state index contributed by atoms with van der Waals surface area (Å²) in [5, 5.41) is 2.28. The maximum atomic E-state index is 13.3. The van der Waals surface area contributed by atoms with Crippen LogP contribution < -0.4 is 10.1 Å². The molecular formula is C23H32N2O5S2. The lowest BCUT2D eigenvalue weighted by atomic mass is 10.0. The van der Waals surface area contributed by atoms with Crippen LogP contribution in [0.2, 0.25) is 0 Å².